The first-order chi connectivity index (χ1) is 28.4. The summed E-state index contributed by atoms with van der Waals surface area (Å²) in [4.78, 5) is 115. The molecule has 61 heavy (non-hydrogen) atoms. The number of carbonyl (C=O) groups excluding carboxylic acids is 8. The largest absolute Gasteiger partial charge is 0.480 e. The predicted molar refractivity (Wildman–Crippen MR) is 214 cm³/mol. The molecule has 8 amide bonds. The molecule has 0 spiro atoms. The first-order valence-corrected chi connectivity index (χ1v) is 19.7. The summed E-state index contributed by atoms with van der Waals surface area (Å²) in [6.07, 6.45) is -2.16. The number of rotatable bonds is 28. The molecule has 0 aliphatic heterocycles. The molecule has 0 aromatic carbocycles. The lowest BCUT2D eigenvalue weighted by Gasteiger charge is -2.29. The van der Waals surface area contributed by atoms with Crippen molar-refractivity contribution in [1.82, 2.24) is 42.5 Å². The van der Waals surface area contributed by atoms with Crippen LogP contribution >= 0.6 is 0 Å². The number of aliphatic hydroxyl groups excluding tert-OH is 5. The molecule has 0 fully saturated rings. The minimum Gasteiger partial charge on any atom is -0.480 e. The molecule has 0 aliphatic rings. The lowest BCUT2D eigenvalue weighted by Crippen LogP contribution is -2.63. The van der Waals surface area contributed by atoms with Crippen LogP contribution in [0.2, 0.25) is 0 Å². The van der Waals surface area contributed by atoms with Gasteiger partial charge >= 0.3 is 5.97 Å². The van der Waals surface area contributed by atoms with Crippen LogP contribution in [0.1, 0.15) is 67.7 Å². The van der Waals surface area contributed by atoms with Crippen molar-refractivity contribution in [1.29, 1.82) is 0 Å². The van der Waals surface area contributed by atoms with Gasteiger partial charge in [0.25, 0.3) is 0 Å². The zero-order chi connectivity index (χ0) is 47.3. The first-order valence-electron chi connectivity index (χ1n) is 19.7. The van der Waals surface area contributed by atoms with Crippen LogP contribution in [0, 0.1) is 11.8 Å². The summed E-state index contributed by atoms with van der Waals surface area (Å²) in [6, 6.07) is -13.8. The second-order valence-electron chi connectivity index (χ2n) is 15.1. The van der Waals surface area contributed by atoms with Gasteiger partial charge in [-0.05, 0) is 58.4 Å². The monoisotopic (exact) mass is 878 g/mol. The van der Waals surface area contributed by atoms with E-state index >= 15 is 0 Å². The maximum Gasteiger partial charge on any atom is 0.326 e. The number of carbonyl (C=O) groups is 9. The number of carboxylic acids is 1. The topological polar surface area (TPSA) is 423 Å². The molecule has 350 valence electrons. The number of amides is 8. The van der Waals surface area contributed by atoms with E-state index in [0.717, 1.165) is 13.8 Å². The molecule has 0 heterocycles. The van der Waals surface area contributed by atoms with Crippen LogP contribution in [0.4, 0.5) is 0 Å². The van der Waals surface area contributed by atoms with Gasteiger partial charge in [0.1, 0.15) is 48.3 Å². The average Bonchev–Trinajstić information content (AvgIpc) is 3.18. The third-order valence-electron chi connectivity index (χ3n) is 9.15. The molecule has 0 aromatic rings. The molecule has 25 heteroatoms. The Hall–Kier alpha value is -5.05. The molecule has 0 saturated carbocycles. The SMILES string of the molecule is CC(C)[C@H](N)C(=O)N[C@H](C(=O)N[C@H](C(=O)N[C@@H](CO)C(=O)N[C@@H](CO)C(=O)N[C@@H](C)C(=O)N[C@@H](CO)C(=O)N[C@H](C(=O)N[C@@H](CCCCN)C(=O)O)[C@@H](C)O)C(C)C)[C@@H](C)O. The molecule has 0 saturated heterocycles. The zero-order valence-electron chi connectivity index (χ0n) is 35.5. The summed E-state index contributed by atoms with van der Waals surface area (Å²) in [5, 5.41) is 77.1. The van der Waals surface area contributed by atoms with E-state index in [1.807, 2.05) is 0 Å². The average molecular weight is 879 g/mol. The fourth-order valence-corrected chi connectivity index (χ4v) is 5.20. The predicted octanol–water partition coefficient (Wildman–Crippen LogP) is -7.52. The van der Waals surface area contributed by atoms with Gasteiger partial charge in [0.2, 0.25) is 47.3 Å². The standard InChI is InChI=1S/C36H66N10O15/c1-15(2)24(38)32(56)46-27(19(7)51)35(59)44-25(16(3)4)33(57)43-22(13-48)30(54)42-21(12-47)29(53)39-17(5)28(52)41-23(14-49)31(55)45-26(18(6)50)34(58)40-20(36(60)61)10-8-9-11-37/h15-27,47-51H,8-14,37-38H2,1-7H3,(H,39,53)(H,40,58)(H,41,52)(H,42,54)(H,43,57)(H,44,59)(H,45,55)(H,46,56)(H,60,61)/t17-,18+,19+,20-,21-,22-,23-,24-,25-,26-,27-/m0/s1. The van der Waals surface area contributed by atoms with E-state index in [1.54, 1.807) is 13.8 Å². The smallest absolute Gasteiger partial charge is 0.326 e. The van der Waals surface area contributed by atoms with Gasteiger partial charge in [0, 0.05) is 0 Å². The Morgan fingerprint density at radius 1 is 0.459 bits per heavy atom. The van der Waals surface area contributed by atoms with E-state index < -0.39 is 146 Å². The van der Waals surface area contributed by atoms with Crippen LogP contribution in [-0.2, 0) is 43.2 Å². The van der Waals surface area contributed by atoms with Crippen LogP contribution < -0.4 is 54.0 Å². The normalized spacial score (nSPS) is 16.7. The van der Waals surface area contributed by atoms with E-state index in [2.05, 4.69) is 42.5 Å². The van der Waals surface area contributed by atoms with Crippen molar-refractivity contribution in [2.45, 2.75) is 134 Å². The maximum absolute atomic E-state index is 13.2. The van der Waals surface area contributed by atoms with E-state index in [9.17, 15) is 73.8 Å². The van der Waals surface area contributed by atoms with Crippen LogP contribution in [0.5, 0.6) is 0 Å². The summed E-state index contributed by atoms with van der Waals surface area (Å²) in [5.41, 5.74) is 11.2. The van der Waals surface area contributed by atoms with Gasteiger partial charge in [-0.1, -0.05) is 27.7 Å². The zero-order valence-corrected chi connectivity index (χ0v) is 35.5. The van der Waals surface area contributed by atoms with Crippen LogP contribution in [0.3, 0.4) is 0 Å². The Balaban J connectivity index is 5.65. The fraction of sp³-hybridized carbons (Fsp3) is 0.750. The van der Waals surface area contributed by atoms with Gasteiger partial charge in [-0.15, -0.1) is 0 Å². The Morgan fingerprint density at radius 3 is 1.23 bits per heavy atom. The molecule has 0 aromatic heterocycles. The van der Waals surface area contributed by atoms with Gasteiger partial charge in [-0.25, -0.2) is 4.79 Å². The number of hydrogen-bond acceptors (Lipinski definition) is 16. The van der Waals surface area contributed by atoms with E-state index in [-0.39, 0.29) is 18.9 Å². The molecule has 0 aliphatic carbocycles. The van der Waals surface area contributed by atoms with Crippen molar-refractivity contribution < 1.29 is 73.8 Å². The lowest BCUT2D eigenvalue weighted by atomic mass is 10.0. The summed E-state index contributed by atoms with van der Waals surface area (Å²) in [6.45, 7) is 7.01. The number of hydrogen-bond donors (Lipinski definition) is 16. The van der Waals surface area contributed by atoms with Crippen LogP contribution in [0.15, 0.2) is 0 Å². The third kappa shape index (κ3) is 19.0. The van der Waals surface area contributed by atoms with Crippen molar-refractivity contribution in [2.75, 3.05) is 26.4 Å². The lowest BCUT2D eigenvalue weighted by molar-refractivity contribution is -0.143. The summed E-state index contributed by atoms with van der Waals surface area (Å²) < 4.78 is 0. The highest BCUT2D eigenvalue weighted by Gasteiger charge is 2.36. The Morgan fingerprint density at radius 2 is 0.820 bits per heavy atom. The molecule has 0 rings (SSSR count). The van der Waals surface area contributed by atoms with E-state index in [4.69, 9.17) is 11.5 Å². The Kier molecular flexibility index (Phi) is 25.4. The summed E-state index contributed by atoms with van der Waals surface area (Å²) in [5.74, 6) is -10.7. The number of aliphatic hydroxyl groups is 5. The summed E-state index contributed by atoms with van der Waals surface area (Å²) >= 11 is 0. The minimum absolute atomic E-state index is 0.00272. The molecule has 0 radical (unpaired) electrons. The second-order valence-corrected chi connectivity index (χ2v) is 15.1. The van der Waals surface area contributed by atoms with Crippen molar-refractivity contribution in [2.24, 2.45) is 23.3 Å². The van der Waals surface area contributed by atoms with Crippen LogP contribution in [0.25, 0.3) is 0 Å². The van der Waals surface area contributed by atoms with E-state index in [0.29, 0.717) is 12.8 Å². The molecular formula is C36H66N10O15. The quantitative estimate of drug-likeness (QED) is 0.0325. The van der Waals surface area contributed by atoms with Gasteiger partial charge in [-0.3, -0.25) is 38.4 Å². The molecular weight excluding hydrogens is 812 g/mol. The Bertz CT molecular complexity index is 1500. The van der Waals surface area contributed by atoms with Crippen LogP contribution in [-0.4, -0.2) is 177 Å². The van der Waals surface area contributed by atoms with E-state index in [1.165, 1.54) is 20.8 Å². The van der Waals surface area contributed by atoms with Gasteiger partial charge in [0.05, 0.1) is 38.1 Å². The third-order valence-corrected chi connectivity index (χ3v) is 9.15. The Labute approximate surface area is 353 Å². The number of unbranched alkanes of at least 4 members (excludes halogenated alkanes) is 1. The number of aliphatic carboxylic acids is 1. The molecule has 0 bridgehead atoms. The molecule has 11 atom stereocenters. The van der Waals surface area contributed by atoms with Gasteiger partial charge in [-0.2, -0.15) is 0 Å². The van der Waals surface area contributed by atoms with Crippen molar-refractivity contribution >= 4 is 53.2 Å². The second kappa shape index (κ2) is 27.7. The summed E-state index contributed by atoms with van der Waals surface area (Å²) in [7, 11) is 0. The van der Waals surface area contributed by atoms with Gasteiger partial charge < -0.3 is 84.6 Å². The minimum atomic E-state index is -1.78. The highest BCUT2D eigenvalue weighted by molar-refractivity contribution is 5.98. The van der Waals surface area contributed by atoms with Crippen molar-refractivity contribution in [3.8, 4) is 0 Å². The number of nitrogens with one attached hydrogen (secondary N) is 8. The first kappa shape index (κ1) is 55.9. The van der Waals surface area contributed by atoms with Crippen molar-refractivity contribution in [3.05, 3.63) is 0 Å². The fourth-order valence-electron chi connectivity index (χ4n) is 5.20. The number of carboxylic acid groups (broad SMARTS) is 1. The highest BCUT2D eigenvalue weighted by atomic mass is 16.4. The molecule has 18 N–H and O–H groups in total. The molecule has 0 unspecified atom stereocenters. The van der Waals surface area contributed by atoms with Gasteiger partial charge in [0.15, 0.2) is 0 Å². The highest BCUT2D eigenvalue weighted by Crippen LogP contribution is 2.07. The maximum atomic E-state index is 13.2. The number of nitrogens with two attached hydrogens (primary N) is 2. The van der Waals surface area contributed by atoms with Crippen molar-refractivity contribution in [3.63, 3.8) is 0 Å². The molecule has 25 nitrogen and oxygen atoms in total.